The molecule has 0 aromatic heterocycles. The van der Waals surface area contributed by atoms with E-state index >= 15 is 0 Å². The van der Waals surface area contributed by atoms with Crippen LogP contribution < -0.4 is 4.90 Å². The molecule has 0 spiro atoms. The molecule has 0 N–H and O–H groups in total. The van der Waals surface area contributed by atoms with Crippen LogP contribution in [0.5, 0.6) is 0 Å². The van der Waals surface area contributed by atoms with E-state index in [1.54, 1.807) is 25.2 Å². The van der Waals surface area contributed by atoms with Gasteiger partial charge in [0, 0.05) is 12.1 Å². The number of hydrogen-bond acceptors (Lipinski definition) is 2. The van der Waals surface area contributed by atoms with Gasteiger partial charge in [-0.1, -0.05) is 11.6 Å². The van der Waals surface area contributed by atoms with Gasteiger partial charge in [-0.2, -0.15) is 5.26 Å². The Hall–Kier alpha value is -1.24. The summed E-state index contributed by atoms with van der Waals surface area (Å²) in [6, 6.07) is 6.71. The fraction of sp³-hybridized carbons (Fsp3) is 0.200. The second kappa shape index (κ2) is 5.01. The van der Waals surface area contributed by atoms with Gasteiger partial charge < -0.3 is 4.90 Å². The first-order chi connectivity index (χ1) is 7.10. The maximum atomic E-state index is 11.3. The molecule has 1 aromatic rings. The summed E-state index contributed by atoms with van der Waals surface area (Å²) in [5, 5.41) is 9.32. The number of nitrogens with zero attached hydrogens (tertiary/aromatic N) is 2. The standard InChI is InChI=1S/C10H8Cl2N2O/c1-14(10(15)5-11)9-4-8(12)3-2-7(9)6-13/h2-4H,5H2,1H3. The highest BCUT2D eigenvalue weighted by Gasteiger charge is 2.13. The van der Waals surface area contributed by atoms with E-state index in [9.17, 15) is 4.79 Å². The van der Waals surface area contributed by atoms with Crippen LogP contribution in [0.15, 0.2) is 18.2 Å². The van der Waals surface area contributed by atoms with Crippen molar-refractivity contribution in [1.82, 2.24) is 0 Å². The fourth-order valence-corrected chi connectivity index (χ4v) is 1.45. The zero-order chi connectivity index (χ0) is 11.4. The molecular formula is C10H8Cl2N2O. The van der Waals surface area contributed by atoms with Gasteiger partial charge in [0.2, 0.25) is 5.91 Å². The summed E-state index contributed by atoms with van der Waals surface area (Å²) in [7, 11) is 1.55. The molecule has 0 aliphatic carbocycles. The maximum absolute atomic E-state index is 11.3. The van der Waals surface area contributed by atoms with Crippen molar-refractivity contribution in [2.24, 2.45) is 0 Å². The molecule has 5 heteroatoms. The number of alkyl halides is 1. The quantitative estimate of drug-likeness (QED) is 0.748. The molecule has 1 amide bonds. The van der Waals surface area contributed by atoms with Crippen LogP contribution in [0.3, 0.4) is 0 Å². The zero-order valence-electron chi connectivity index (χ0n) is 8.00. The molecule has 0 atom stereocenters. The molecule has 1 aromatic carbocycles. The molecule has 3 nitrogen and oxygen atoms in total. The lowest BCUT2D eigenvalue weighted by molar-refractivity contribution is -0.116. The SMILES string of the molecule is CN(C(=O)CCl)c1cc(Cl)ccc1C#N. The third-order valence-corrected chi connectivity index (χ3v) is 2.39. The van der Waals surface area contributed by atoms with Gasteiger partial charge in [-0.05, 0) is 18.2 Å². The molecule has 0 heterocycles. The molecule has 0 aliphatic rings. The summed E-state index contributed by atoms with van der Waals surface area (Å²) >= 11 is 11.2. The van der Waals surface area contributed by atoms with Gasteiger partial charge in [-0.3, -0.25) is 4.79 Å². The summed E-state index contributed by atoms with van der Waals surface area (Å²) in [6.45, 7) is 0. The Balaban J connectivity index is 3.18. The average molecular weight is 243 g/mol. The van der Waals surface area contributed by atoms with E-state index in [0.29, 0.717) is 16.3 Å². The van der Waals surface area contributed by atoms with Gasteiger partial charge in [-0.25, -0.2) is 0 Å². The van der Waals surface area contributed by atoms with Crippen molar-refractivity contribution >= 4 is 34.8 Å². The van der Waals surface area contributed by atoms with E-state index in [4.69, 9.17) is 28.5 Å². The van der Waals surface area contributed by atoms with E-state index in [1.807, 2.05) is 6.07 Å². The summed E-state index contributed by atoms with van der Waals surface area (Å²) < 4.78 is 0. The minimum atomic E-state index is -0.282. The van der Waals surface area contributed by atoms with Crippen LogP contribution in [0.2, 0.25) is 5.02 Å². The highest BCUT2D eigenvalue weighted by molar-refractivity contribution is 6.31. The Morgan fingerprint density at radius 2 is 2.27 bits per heavy atom. The third-order valence-electron chi connectivity index (χ3n) is 1.93. The molecule has 0 radical (unpaired) electrons. The predicted octanol–water partition coefficient (Wildman–Crippen LogP) is 2.41. The molecule has 0 fully saturated rings. The number of nitriles is 1. The minimum Gasteiger partial charge on any atom is -0.313 e. The lowest BCUT2D eigenvalue weighted by Crippen LogP contribution is -2.27. The Morgan fingerprint density at radius 3 is 2.80 bits per heavy atom. The highest BCUT2D eigenvalue weighted by Crippen LogP contribution is 2.23. The van der Waals surface area contributed by atoms with Crippen LogP contribution >= 0.6 is 23.2 Å². The van der Waals surface area contributed by atoms with Crippen molar-refractivity contribution in [3.8, 4) is 6.07 Å². The molecule has 0 saturated heterocycles. The summed E-state index contributed by atoms with van der Waals surface area (Å²) in [6.07, 6.45) is 0. The second-order valence-electron chi connectivity index (χ2n) is 2.86. The van der Waals surface area contributed by atoms with Gasteiger partial charge in [0.05, 0.1) is 11.3 Å². The smallest absolute Gasteiger partial charge is 0.241 e. The van der Waals surface area contributed by atoms with Crippen molar-refractivity contribution in [2.45, 2.75) is 0 Å². The third kappa shape index (κ3) is 2.62. The van der Waals surface area contributed by atoms with Crippen molar-refractivity contribution in [3.05, 3.63) is 28.8 Å². The first kappa shape index (κ1) is 11.8. The Morgan fingerprint density at radius 1 is 1.60 bits per heavy atom. The molecular weight excluding hydrogens is 235 g/mol. The summed E-state index contributed by atoms with van der Waals surface area (Å²) in [5.41, 5.74) is 0.857. The fourth-order valence-electron chi connectivity index (χ4n) is 1.10. The van der Waals surface area contributed by atoms with Gasteiger partial charge in [0.15, 0.2) is 0 Å². The lowest BCUT2D eigenvalue weighted by atomic mass is 10.2. The molecule has 0 unspecified atom stereocenters. The molecule has 0 bridgehead atoms. The number of carbonyl (C=O) groups excluding carboxylic acids is 1. The van der Waals surface area contributed by atoms with Crippen molar-refractivity contribution in [3.63, 3.8) is 0 Å². The number of benzene rings is 1. The van der Waals surface area contributed by atoms with Crippen molar-refractivity contribution < 1.29 is 4.79 Å². The normalized spacial score (nSPS) is 9.47. The Labute approximate surface area is 97.8 Å². The van der Waals surface area contributed by atoms with E-state index in [1.165, 1.54) is 4.90 Å². The molecule has 15 heavy (non-hydrogen) atoms. The summed E-state index contributed by atoms with van der Waals surface area (Å²) in [5.74, 6) is -0.413. The number of carbonyl (C=O) groups is 1. The largest absolute Gasteiger partial charge is 0.313 e. The van der Waals surface area contributed by atoms with Gasteiger partial charge in [0.25, 0.3) is 0 Å². The van der Waals surface area contributed by atoms with Crippen LogP contribution in [0.1, 0.15) is 5.56 Å². The van der Waals surface area contributed by atoms with Gasteiger partial charge in [0.1, 0.15) is 11.9 Å². The van der Waals surface area contributed by atoms with Crippen molar-refractivity contribution in [1.29, 1.82) is 5.26 Å². The molecule has 78 valence electrons. The molecule has 0 saturated carbocycles. The van der Waals surface area contributed by atoms with Crippen molar-refractivity contribution in [2.75, 3.05) is 17.8 Å². The zero-order valence-corrected chi connectivity index (χ0v) is 9.51. The van der Waals surface area contributed by atoms with Crippen LogP contribution in [0.4, 0.5) is 5.69 Å². The lowest BCUT2D eigenvalue weighted by Gasteiger charge is -2.17. The Kier molecular flexibility index (Phi) is 3.96. The number of anilines is 1. The molecule has 1 rings (SSSR count). The van der Waals surface area contributed by atoms with Crippen LogP contribution in [-0.2, 0) is 4.79 Å². The van der Waals surface area contributed by atoms with Gasteiger partial charge in [-0.15, -0.1) is 11.6 Å². The van der Waals surface area contributed by atoms with Crippen LogP contribution in [-0.4, -0.2) is 18.8 Å². The number of amides is 1. The van der Waals surface area contributed by atoms with E-state index in [0.717, 1.165) is 0 Å². The highest BCUT2D eigenvalue weighted by atomic mass is 35.5. The number of rotatable bonds is 2. The molecule has 0 aliphatic heterocycles. The predicted molar refractivity (Wildman–Crippen MR) is 60.3 cm³/mol. The van der Waals surface area contributed by atoms with Gasteiger partial charge >= 0.3 is 0 Å². The second-order valence-corrected chi connectivity index (χ2v) is 3.56. The van der Waals surface area contributed by atoms with Crippen LogP contribution in [0, 0.1) is 11.3 Å². The maximum Gasteiger partial charge on any atom is 0.241 e. The van der Waals surface area contributed by atoms with E-state index in [-0.39, 0.29) is 11.8 Å². The van der Waals surface area contributed by atoms with E-state index < -0.39 is 0 Å². The topological polar surface area (TPSA) is 44.1 Å². The number of halogens is 2. The first-order valence-electron chi connectivity index (χ1n) is 4.12. The van der Waals surface area contributed by atoms with Crippen LogP contribution in [0.25, 0.3) is 0 Å². The monoisotopic (exact) mass is 242 g/mol. The Bertz CT molecular complexity index is 426. The average Bonchev–Trinajstić information content (AvgIpc) is 2.27. The van der Waals surface area contributed by atoms with E-state index in [2.05, 4.69) is 0 Å². The summed E-state index contributed by atoms with van der Waals surface area (Å²) in [4.78, 5) is 12.7. The number of hydrogen-bond donors (Lipinski definition) is 0. The minimum absolute atomic E-state index is 0.131. The first-order valence-corrected chi connectivity index (χ1v) is 5.03.